The van der Waals surface area contributed by atoms with Gasteiger partial charge in [-0.15, -0.1) is 0 Å². The second kappa shape index (κ2) is 5.84. The topological polar surface area (TPSA) is 29.9 Å². The molecule has 4 rings (SSSR count). The molecule has 1 saturated carbocycles. The minimum atomic E-state index is 0.423. The van der Waals surface area contributed by atoms with Crippen molar-refractivity contribution in [3.05, 3.63) is 34.2 Å². The van der Waals surface area contributed by atoms with E-state index in [-0.39, 0.29) is 0 Å². The summed E-state index contributed by atoms with van der Waals surface area (Å²) in [5.74, 6) is 1.90. The fraction of sp³-hybridized carbons (Fsp3) is 0.588. The second-order valence-corrected chi connectivity index (χ2v) is 7.16. The van der Waals surface area contributed by atoms with Crippen molar-refractivity contribution in [1.29, 1.82) is 0 Å². The van der Waals surface area contributed by atoms with Crippen LogP contribution in [0, 0.1) is 0 Å². The molecule has 0 saturated heterocycles. The Morgan fingerprint density at radius 2 is 2.00 bits per heavy atom. The highest BCUT2D eigenvalue weighted by Gasteiger charge is 2.26. The summed E-state index contributed by atoms with van der Waals surface area (Å²) in [4.78, 5) is 0. The first kappa shape index (κ1) is 13.4. The van der Waals surface area contributed by atoms with Gasteiger partial charge in [-0.3, -0.25) is 0 Å². The van der Waals surface area contributed by atoms with Crippen molar-refractivity contribution in [2.45, 2.75) is 56.9 Å². The number of anilines is 1. The standard InChI is InChI=1S/C17H23N3S/c1-2-4-6-13(5-3-1)15-11-17-18-9-7-16(20(17)19-15)14-8-10-21-12-14/h8,10-13,16,18H,1-7,9H2. The van der Waals surface area contributed by atoms with E-state index in [4.69, 9.17) is 5.10 Å². The Hall–Kier alpha value is -1.29. The van der Waals surface area contributed by atoms with Gasteiger partial charge >= 0.3 is 0 Å². The Balaban J connectivity index is 1.64. The highest BCUT2D eigenvalue weighted by atomic mass is 32.1. The van der Waals surface area contributed by atoms with E-state index in [1.165, 1.54) is 55.6 Å². The van der Waals surface area contributed by atoms with Crippen molar-refractivity contribution >= 4 is 17.2 Å². The molecule has 0 radical (unpaired) electrons. The van der Waals surface area contributed by atoms with Gasteiger partial charge < -0.3 is 5.32 Å². The maximum Gasteiger partial charge on any atom is 0.125 e. The zero-order valence-corrected chi connectivity index (χ0v) is 13.2. The quantitative estimate of drug-likeness (QED) is 0.808. The second-order valence-electron chi connectivity index (χ2n) is 6.38. The third-order valence-corrected chi connectivity index (χ3v) is 5.68. The van der Waals surface area contributed by atoms with Gasteiger partial charge in [0.15, 0.2) is 0 Å². The average molecular weight is 301 g/mol. The molecule has 2 aromatic rings. The van der Waals surface area contributed by atoms with Gasteiger partial charge in [-0.1, -0.05) is 25.7 Å². The third kappa shape index (κ3) is 2.61. The molecule has 1 unspecified atom stereocenters. The Morgan fingerprint density at radius 1 is 1.14 bits per heavy atom. The van der Waals surface area contributed by atoms with Crippen molar-refractivity contribution < 1.29 is 0 Å². The molecule has 0 bridgehead atoms. The van der Waals surface area contributed by atoms with Crippen LogP contribution >= 0.6 is 11.3 Å². The number of aromatic nitrogens is 2. The summed E-state index contributed by atoms with van der Waals surface area (Å²) in [5, 5.41) is 13.0. The molecule has 21 heavy (non-hydrogen) atoms. The maximum atomic E-state index is 5.01. The van der Waals surface area contributed by atoms with E-state index in [9.17, 15) is 0 Å². The lowest BCUT2D eigenvalue weighted by Crippen LogP contribution is -2.24. The number of rotatable bonds is 2. The normalized spacial score (nSPS) is 23.3. The van der Waals surface area contributed by atoms with Crippen LogP contribution in [0.2, 0.25) is 0 Å². The number of nitrogens with one attached hydrogen (secondary N) is 1. The zero-order valence-electron chi connectivity index (χ0n) is 12.4. The van der Waals surface area contributed by atoms with Crippen LogP contribution in [0.15, 0.2) is 22.9 Å². The molecule has 112 valence electrons. The van der Waals surface area contributed by atoms with E-state index in [0.29, 0.717) is 12.0 Å². The smallest absolute Gasteiger partial charge is 0.125 e. The minimum absolute atomic E-state index is 0.423. The first-order valence-electron chi connectivity index (χ1n) is 8.27. The van der Waals surface area contributed by atoms with Crippen LogP contribution in [0.25, 0.3) is 0 Å². The van der Waals surface area contributed by atoms with Crippen LogP contribution in [0.4, 0.5) is 5.82 Å². The predicted molar refractivity (Wildman–Crippen MR) is 88.2 cm³/mol. The Kier molecular flexibility index (Phi) is 3.72. The van der Waals surface area contributed by atoms with Crippen LogP contribution in [-0.2, 0) is 0 Å². The van der Waals surface area contributed by atoms with Crippen molar-refractivity contribution in [2.75, 3.05) is 11.9 Å². The molecule has 2 aliphatic rings. The summed E-state index contributed by atoms with van der Waals surface area (Å²) in [5.41, 5.74) is 2.74. The van der Waals surface area contributed by atoms with Crippen molar-refractivity contribution in [3.63, 3.8) is 0 Å². The van der Waals surface area contributed by atoms with Gasteiger partial charge in [0.2, 0.25) is 0 Å². The Labute approximate surface area is 130 Å². The van der Waals surface area contributed by atoms with Gasteiger partial charge in [-0.25, -0.2) is 4.68 Å². The molecule has 1 N–H and O–H groups in total. The molecule has 1 fully saturated rings. The lowest BCUT2D eigenvalue weighted by atomic mass is 9.97. The molecule has 4 heteroatoms. The molecule has 1 atom stereocenters. The summed E-state index contributed by atoms with van der Waals surface area (Å²) in [6.07, 6.45) is 9.32. The van der Waals surface area contributed by atoms with Crippen LogP contribution in [-0.4, -0.2) is 16.3 Å². The van der Waals surface area contributed by atoms with E-state index in [0.717, 1.165) is 13.0 Å². The van der Waals surface area contributed by atoms with Crippen molar-refractivity contribution in [2.24, 2.45) is 0 Å². The lowest BCUT2D eigenvalue weighted by Gasteiger charge is -2.25. The molecule has 0 amide bonds. The molecular formula is C17H23N3S. The van der Waals surface area contributed by atoms with E-state index in [2.05, 4.69) is 32.9 Å². The predicted octanol–water partition coefficient (Wildman–Crippen LogP) is 4.79. The highest BCUT2D eigenvalue weighted by molar-refractivity contribution is 7.07. The Morgan fingerprint density at radius 3 is 2.76 bits per heavy atom. The summed E-state index contributed by atoms with van der Waals surface area (Å²) in [6, 6.07) is 4.98. The number of fused-ring (bicyclic) bond motifs is 1. The summed E-state index contributed by atoms with van der Waals surface area (Å²) >= 11 is 1.78. The number of hydrogen-bond acceptors (Lipinski definition) is 3. The van der Waals surface area contributed by atoms with Gasteiger partial charge in [0, 0.05) is 18.5 Å². The van der Waals surface area contributed by atoms with Gasteiger partial charge in [0.05, 0.1) is 11.7 Å². The first-order chi connectivity index (χ1) is 10.4. The maximum absolute atomic E-state index is 5.01. The van der Waals surface area contributed by atoms with E-state index >= 15 is 0 Å². The summed E-state index contributed by atoms with van der Waals surface area (Å²) in [6.45, 7) is 1.05. The molecular weight excluding hydrogens is 278 g/mol. The van der Waals surface area contributed by atoms with E-state index in [1.807, 2.05) is 0 Å². The van der Waals surface area contributed by atoms with Crippen LogP contribution in [0.1, 0.15) is 68.2 Å². The van der Waals surface area contributed by atoms with Crippen molar-refractivity contribution in [3.8, 4) is 0 Å². The number of hydrogen-bond donors (Lipinski definition) is 1. The zero-order chi connectivity index (χ0) is 14.1. The fourth-order valence-electron chi connectivity index (χ4n) is 3.79. The largest absolute Gasteiger partial charge is 0.370 e. The number of nitrogens with zero attached hydrogens (tertiary/aromatic N) is 2. The highest BCUT2D eigenvalue weighted by Crippen LogP contribution is 2.36. The van der Waals surface area contributed by atoms with Gasteiger partial charge in [-0.05, 0) is 41.7 Å². The monoisotopic (exact) mass is 301 g/mol. The van der Waals surface area contributed by atoms with Gasteiger partial charge in [0.1, 0.15) is 5.82 Å². The lowest BCUT2D eigenvalue weighted by molar-refractivity contribution is 0.469. The van der Waals surface area contributed by atoms with Crippen molar-refractivity contribution in [1.82, 2.24) is 9.78 Å². The van der Waals surface area contributed by atoms with E-state index < -0.39 is 0 Å². The van der Waals surface area contributed by atoms with Crippen LogP contribution in [0.3, 0.4) is 0 Å². The SMILES string of the molecule is c1cc(C2CCNc3cc(C4CCCCCC4)nn32)cs1. The Bertz CT molecular complexity index is 579. The average Bonchev–Trinajstić information content (AvgIpc) is 3.10. The molecule has 1 aliphatic carbocycles. The molecule has 0 aromatic carbocycles. The molecule has 0 spiro atoms. The molecule has 3 heterocycles. The number of thiophene rings is 1. The molecule has 2 aromatic heterocycles. The minimum Gasteiger partial charge on any atom is -0.370 e. The van der Waals surface area contributed by atoms with Crippen LogP contribution in [0.5, 0.6) is 0 Å². The molecule has 1 aliphatic heterocycles. The van der Waals surface area contributed by atoms with Crippen LogP contribution < -0.4 is 5.32 Å². The summed E-state index contributed by atoms with van der Waals surface area (Å²) in [7, 11) is 0. The van der Waals surface area contributed by atoms with E-state index in [1.54, 1.807) is 11.3 Å². The molecule has 3 nitrogen and oxygen atoms in total. The fourth-order valence-corrected chi connectivity index (χ4v) is 4.50. The van der Waals surface area contributed by atoms with Gasteiger partial charge in [-0.2, -0.15) is 16.4 Å². The van der Waals surface area contributed by atoms with Gasteiger partial charge in [0.25, 0.3) is 0 Å². The first-order valence-corrected chi connectivity index (χ1v) is 9.21. The third-order valence-electron chi connectivity index (χ3n) is 4.98. The summed E-state index contributed by atoms with van der Waals surface area (Å²) < 4.78 is 2.24.